The van der Waals surface area contributed by atoms with Crippen molar-refractivity contribution in [1.82, 2.24) is 0 Å². The number of aromatic carboxylic acids is 1. The first-order chi connectivity index (χ1) is 9.78. The minimum atomic E-state index is -2.70. The molecule has 2 rings (SSSR count). The lowest BCUT2D eigenvalue weighted by Gasteiger charge is -2.27. The van der Waals surface area contributed by atoms with E-state index in [1.54, 1.807) is 0 Å². The molecule has 0 atom stereocenters. The molecule has 0 spiro atoms. The molecular formula is C14H15F2NO4. The molecule has 1 amide bonds. The Morgan fingerprint density at radius 2 is 1.86 bits per heavy atom. The Morgan fingerprint density at radius 1 is 1.24 bits per heavy atom. The highest BCUT2D eigenvalue weighted by molar-refractivity contribution is 5.95. The van der Waals surface area contributed by atoms with E-state index >= 15 is 0 Å². The normalized spacial score (nSPS) is 18.2. The summed E-state index contributed by atoms with van der Waals surface area (Å²) in [5.74, 6) is -5.33. The van der Waals surface area contributed by atoms with Gasteiger partial charge >= 0.3 is 5.97 Å². The van der Waals surface area contributed by atoms with Crippen LogP contribution in [-0.4, -0.2) is 28.0 Å². The maximum absolute atomic E-state index is 13.0. The third-order valence-corrected chi connectivity index (χ3v) is 3.58. The smallest absolute Gasteiger partial charge is 0.339 e. The van der Waals surface area contributed by atoms with Gasteiger partial charge < -0.3 is 15.5 Å². The highest BCUT2D eigenvalue weighted by Gasteiger charge is 2.37. The van der Waals surface area contributed by atoms with Crippen molar-refractivity contribution in [3.8, 4) is 5.75 Å². The van der Waals surface area contributed by atoms with Crippen LogP contribution < -0.4 is 5.32 Å². The summed E-state index contributed by atoms with van der Waals surface area (Å²) in [7, 11) is 0. The number of anilines is 1. The zero-order valence-corrected chi connectivity index (χ0v) is 11.1. The number of benzene rings is 1. The third-order valence-electron chi connectivity index (χ3n) is 3.58. The molecule has 0 bridgehead atoms. The number of carboxylic acids is 1. The Morgan fingerprint density at radius 3 is 2.38 bits per heavy atom. The number of carboxylic acid groups (broad SMARTS) is 1. The van der Waals surface area contributed by atoms with Crippen LogP contribution in [0.25, 0.3) is 0 Å². The Labute approximate surface area is 119 Å². The topological polar surface area (TPSA) is 86.6 Å². The minimum absolute atomic E-state index is 0.109. The summed E-state index contributed by atoms with van der Waals surface area (Å²) in [6.07, 6.45) is -0.404. The van der Waals surface area contributed by atoms with E-state index in [0.717, 1.165) is 6.07 Å². The number of halogens is 2. The van der Waals surface area contributed by atoms with Crippen molar-refractivity contribution in [2.45, 2.75) is 31.6 Å². The summed E-state index contributed by atoms with van der Waals surface area (Å²) >= 11 is 0. The number of nitrogens with one attached hydrogen (secondary N) is 1. The first kappa shape index (κ1) is 15.2. The molecule has 1 saturated carbocycles. The second-order valence-corrected chi connectivity index (χ2v) is 5.16. The zero-order chi connectivity index (χ0) is 15.6. The van der Waals surface area contributed by atoms with Gasteiger partial charge in [0.15, 0.2) is 0 Å². The SMILES string of the molecule is O=C(O)c1ccc(NC(=O)C2CCC(F)(F)CC2)cc1O. The molecule has 1 aliphatic rings. The van der Waals surface area contributed by atoms with E-state index < -0.39 is 29.5 Å². The van der Waals surface area contributed by atoms with Gasteiger partial charge in [-0.2, -0.15) is 0 Å². The van der Waals surface area contributed by atoms with E-state index in [9.17, 15) is 23.5 Å². The van der Waals surface area contributed by atoms with Gasteiger partial charge in [0.1, 0.15) is 11.3 Å². The van der Waals surface area contributed by atoms with E-state index in [2.05, 4.69) is 5.32 Å². The average molecular weight is 299 g/mol. The zero-order valence-electron chi connectivity index (χ0n) is 11.1. The van der Waals surface area contributed by atoms with Crippen LogP contribution in [0.5, 0.6) is 5.75 Å². The first-order valence-electron chi connectivity index (χ1n) is 6.53. The maximum Gasteiger partial charge on any atom is 0.339 e. The van der Waals surface area contributed by atoms with Crippen LogP contribution in [0, 0.1) is 5.92 Å². The molecule has 1 aliphatic carbocycles. The summed E-state index contributed by atoms with van der Waals surface area (Å²) in [6.45, 7) is 0. The fourth-order valence-corrected chi connectivity index (χ4v) is 2.34. The Kier molecular flexibility index (Phi) is 4.11. The quantitative estimate of drug-likeness (QED) is 0.801. The van der Waals surface area contributed by atoms with Gasteiger partial charge in [0.2, 0.25) is 11.8 Å². The number of rotatable bonds is 3. The van der Waals surface area contributed by atoms with Crippen molar-refractivity contribution in [3.63, 3.8) is 0 Å². The van der Waals surface area contributed by atoms with Crippen LogP contribution in [0.3, 0.4) is 0 Å². The van der Waals surface area contributed by atoms with Crippen LogP contribution in [0.4, 0.5) is 14.5 Å². The molecule has 0 saturated heterocycles. The predicted octanol–water partition coefficient (Wildman–Crippen LogP) is 2.85. The average Bonchev–Trinajstić information content (AvgIpc) is 2.38. The molecule has 1 fully saturated rings. The lowest BCUT2D eigenvalue weighted by molar-refractivity contribution is -0.124. The molecule has 1 aromatic carbocycles. The van der Waals surface area contributed by atoms with E-state index in [1.807, 2.05) is 0 Å². The predicted molar refractivity (Wildman–Crippen MR) is 70.6 cm³/mol. The number of carbonyl (C=O) groups excluding carboxylic acids is 1. The van der Waals surface area contributed by atoms with Crippen molar-refractivity contribution in [3.05, 3.63) is 23.8 Å². The van der Waals surface area contributed by atoms with E-state index in [4.69, 9.17) is 5.11 Å². The highest BCUT2D eigenvalue weighted by Crippen LogP contribution is 2.36. The van der Waals surface area contributed by atoms with Gasteiger partial charge in [-0.15, -0.1) is 0 Å². The molecule has 1 aromatic rings. The maximum atomic E-state index is 13.0. The lowest BCUT2D eigenvalue weighted by Crippen LogP contribution is -2.31. The summed E-state index contributed by atoms with van der Waals surface area (Å²) in [5.41, 5.74) is -0.0369. The van der Waals surface area contributed by atoms with Crippen molar-refractivity contribution >= 4 is 17.6 Å². The fourth-order valence-electron chi connectivity index (χ4n) is 2.34. The molecule has 21 heavy (non-hydrogen) atoms. The number of hydrogen-bond donors (Lipinski definition) is 3. The van der Waals surface area contributed by atoms with Crippen LogP contribution in [0.1, 0.15) is 36.0 Å². The number of hydrogen-bond acceptors (Lipinski definition) is 3. The second kappa shape index (κ2) is 5.67. The standard InChI is InChI=1S/C14H15F2NO4/c15-14(16)5-3-8(4-6-14)12(19)17-9-1-2-10(13(20)21)11(18)7-9/h1-2,7-8,18H,3-6H2,(H,17,19)(H,20,21). The Bertz CT molecular complexity index is 564. The van der Waals surface area contributed by atoms with E-state index in [-0.39, 0.29) is 36.9 Å². The monoisotopic (exact) mass is 299 g/mol. The molecule has 0 unspecified atom stereocenters. The second-order valence-electron chi connectivity index (χ2n) is 5.16. The number of aromatic hydroxyl groups is 1. The Balaban J connectivity index is 2.00. The number of phenols is 1. The molecule has 0 heterocycles. The van der Waals surface area contributed by atoms with Gasteiger partial charge in [-0.25, -0.2) is 13.6 Å². The number of carbonyl (C=O) groups is 2. The summed E-state index contributed by atoms with van der Waals surface area (Å²) in [6, 6.07) is 3.64. The molecule has 0 aliphatic heterocycles. The molecule has 114 valence electrons. The summed E-state index contributed by atoms with van der Waals surface area (Å²) in [5, 5.41) is 20.8. The van der Waals surface area contributed by atoms with Crippen molar-refractivity contribution in [2.24, 2.45) is 5.92 Å². The van der Waals surface area contributed by atoms with Gasteiger partial charge in [0.05, 0.1) is 0 Å². The number of amides is 1. The molecule has 7 heteroatoms. The van der Waals surface area contributed by atoms with Crippen LogP contribution in [-0.2, 0) is 4.79 Å². The van der Waals surface area contributed by atoms with E-state index in [0.29, 0.717) is 0 Å². The van der Waals surface area contributed by atoms with Crippen LogP contribution >= 0.6 is 0 Å². The number of alkyl halides is 2. The van der Waals surface area contributed by atoms with Crippen LogP contribution in [0.15, 0.2) is 18.2 Å². The van der Waals surface area contributed by atoms with E-state index in [1.165, 1.54) is 12.1 Å². The molecular weight excluding hydrogens is 284 g/mol. The molecule has 3 N–H and O–H groups in total. The largest absolute Gasteiger partial charge is 0.507 e. The van der Waals surface area contributed by atoms with Gasteiger partial charge in [0.25, 0.3) is 0 Å². The van der Waals surface area contributed by atoms with Gasteiger partial charge in [-0.05, 0) is 25.0 Å². The first-order valence-corrected chi connectivity index (χ1v) is 6.53. The fraction of sp³-hybridized carbons (Fsp3) is 0.429. The van der Waals surface area contributed by atoms with Gasteiger partial charge in [-0.3, -0.25) is 4.79 Å². The van der Waals surface area contributed by atoms with Crippen molar-refractivity contribution in [1.29, 1.82) is 0 Å². The third kappa shape index (κ3) is 3.68. The summed E-state index contributed by atoms with van der Waals surface area (Å²) < 4.78 is 26.0. The lowest BCUT2D eigenvalue weighted by atomic mass is 9.86. The summed E-state index contributed by atoms with van der Waals surface area (Å²) in [4.78, 5) is 22.7. The van der Waals surface area contributed by atoms with Gasteiger partial charge in [-0.1, -0.05) is 0 Å². The molecule has 0 radical (unpaired) electrons. The van der Waals surface area contributed by atoms with Crippen molar-refractivity contribution in [2.75, 3.05) is 5.32 Å². The van der Waals surface area contributed by atoms with Crippen LogP contribution in [0.2, 0.25) is 0 Å². The molecule has 0 aromatic heterocycles. The van der Waals surface area contributed by atoms with Gasteiger partial charge in [0, 0.05) is 30.5 Å². The highest BCUT2D eigenvalue weighted by atomic mass is 19.3. The minimum Gasteiger partial charge on any atom is -0.507 e. The Hall–Kier alpha value is -2.18. The molecule has 5 nitrogen and oxygen atoms in total. The van der Waals surface area contributed by atoms with Crippen molar-refractivity contribution < 1.29 is 28.6 Å².